The molecule has 3 rings (SSSR count). The number of guanidine groups is 1. The summed E-state index contributed by atoms with van der Waals surface area (Å²) in [5, 5.41) is 6.94. The maximum Gasteiger partial charge on any atom is 0.191 e. The standard InChI is InChI=1S/C24H40N4O2S.HI/c1-25-23(27-20-24(31-2)11-17-29-18-12-24)26-13-6-16-30-22-9-14-28(15-10-22)19-21-7-4-3-5-8-21;/h3-5,7-8,22H,6,9-20H2,1-2H3,(H2,25,26,27);1H. The molecule has 0 aromatic heterocycles. The molecule has 2 saturated heterocycles. The van der Waals surface area contributed by atoms with Gasteiger partial charge in [0.15, 0.2) is 5.96 Å². The van der Waals surface area contributed by atoms with Gasteiger partial charge in [0.25, 0.3) is 0 Å². The summed E-state index contributed by atoms with van der Waals surface area (Å²) in [5.41, 5.74) is 1.40. The minimum absolute atomic E-state index is 0. The third-order valence-electron chi connectivity index (χ3n) is 6.39. The number of ether oxygens (including phenoxy) is 2. The van der Waals surface area contributed by atoms with Crippen LogP contribution in [0.4, 0.5) is 0 Å². The Hall–Kier alpha value is -0.550. The highest BCUT2D eigenvalue weighted by Crippen LogP contribution is 2.32. The summed E-state index contributed by atoms with van der Waals surface area (Å²) in [4.78, 5) is 6.91. The van der Waals surface area contributed by atoms with E-state index in [1.54, 1.807) is 0 Å². The lowest BCUT2D eigenvalue weighted by molar-refractivity contribution is 0.00534. The molecule has 6 nitrogen and oxygen atoms in total. The second-order valence-electron chi connectivity index (χ2n) is 8.54. The quantitative estimate of drug-likeness (QED) is 0.192. The number of hydrogen-bond acceptors (Lipinski definition) is 5. The van der Waals surface area contributed by atoms with Crippen molar-refractivity contribution in [3.05, 3.63) is 35.9 Å². The lowest BCUT2D eigenvalue weighted by Gasteiger charge is -2.36. The van der Waals surface area contributed by atoms with Crippen molar-refractivity contribution >= 4 is 41.7 Å². The number of benzene rings is 1. The van der Waals surface area contributed by atoms with Crippen LogP contribution in [-0.4, -0.2) is 81.0 Å². The fourth-order valence-corrected chi connectivity index (χ4v) is 5.06. The van der Waals surface area contributed by atoms with Crippen LogP contribution in [-0.2, 0) is 16.0 Å². The van der Waals surface area contributed by atoms with Gasteiger partial charge in [-0.05, 0) is 43.9 Å². The van der Waals surface area contributed by atoms with Gasteiger partial charge in [-0.15, -0.1) is 24.0 Å². The van der Waals surface area contributed by atoms with Crippen LogP contribution in [0.3, 0.4) is 0 Å². The molecule has 0 amide bonds. The van der Waals surface area contributed by atoms with Crippen LogP contribution in [0.1, 0.15) is 37.7 Å². The molecule has 32 heavy (non-hydrogen) atoms. The maximum atomic E-state index is 6.14. The van der Waals surface area contributed by atoms with Crippen LogP contribution >= 0.6 is 35.7 Å². The predicted molar refractivity (Wildman–Crippen MR) is 146 cm³/mol. The number of hydrogen-bond donors (Lipinski definition) is 2. The molecular weight excluding hydrogens is 535 g/mol. The summed E-state index contributed by atoms with van der Waals surface area (Å²) in [7, 11) is 1.84. The van der Waals surface area contributed by atoms with Gasteiger partial charge in [-0.2, -0.15) is 11.8 Å². The van der Waals surface area contributed by atoms with E-state index < -0.39 is 0 Å². The van der Waals surface area contributed by atoms with E-state index in [1.807, 2.05) is 18.8 Å². The zero-order valence-corrected chi connectivity index (χ0v) is 22.8. The average molecular weight is 577 g/mol. The molecule has 0 saturated carbocycles. The van der Waals surface area contributed by atoms with Crippen molar-refractivity contribution in [2.75, 3.05) is 59.3 Å². The van der Waals surface area contributed by atoms with Crippen LogP contribution in [0.2, 0.25) is 0 Å². The van der Waals surface area contributed by atoms with Crippen molar-refractivity contribution in [3.8, 4) is 0 Å². The second kappa shape index (κ2) is 15.4. The third kappa shape index (κ3) is 9.37. The number of halogens is 1. The van der Waals surface area contributed by atoms with Crippen molar-refractivity contribution in [2.24, 2.45) is 4.99 Å². The van der Waals surface area contributed by atoms with E-state index >= 15 is 0 Å². The molecule has 1 aromatic carbocycles. The summed E-state index contributed by atoms with van der Waals surface area (Å²) in [5.74, 6) is 0.883. The number of aliphatic imine (C=N–C) groups is 1. The molecule has 2 aliphatic heterocycles. The zero-order chi connectivity index (χ0) is 21.8. The first-order valence-electron chi connectivity index (χ1n) is 11.7. The molecule has 1 aromatic rings. The van der Waals surface area contributed by atoms with Crippen molar-refractivity contribution in [1.29, 1.82) is 0 Å². The summed E-state index contributed by atoms with van der Waals surface area (Å²) >= 11 is 1.95. The molecule has 2 aliphatic rings. The van der Waals surface area contributed by atoms with Crippen LogP contribution in [0.5, 0.6) is 0 Å². The van der Waals surface area contributed by atoms with E-state index in [-0.39, 0.29) is 28.7 Å². The fourth-order valence-electron chi connectivity index (χ4n) is 4.27. The van der Waals surface area contributed by atoms with Gasteiger partial charge in [0, 0.05) is 64.3 Å². The second-order valence-corrected chi connectivity index (χ2v) is 9.81. The molecule has 0 atom stereocenters. The molecule has 0 unspecified atom stereocenters. The molecule has 182 valence electrons. The van der Waals surface area contributed by atoms with Gasteiger partial charge >= 0.3 is 0 Å². The number of nitrogens with zero attached hydrogens (tertiary/aromatic N) is 2. The highest BCUT2D eigenvalue weighted by atomic mass is 127. The Kier molecular flexibility index (Phi) is 13.3. The zero-order valence-electron chi connectivity index (χ0n) is 19.7. The van der Waals surface area contributed by atoms with Gasteiger partial charge in [-0.25, -0.2) is 0 Å². The highest BCUT2D eigenvalue weighted by Gasteiger charge is 2.31. The number of nitrogens with one attached hydrogen (secondary N) is 2. The molecule has 2 heterocycles. The molecule has 0 spiro atoms. The lowest BCUT2D eigenvalue weighted by Crippen LogP contribution is -2.48. The van der Waals surface area contributed by atoms with E-state index in [0.717, 1.165) is 90.6 Å². The van der Waals surface area contributed by atoms with Gasteiger partial charge in [-0.1, -0.05) is 30.3 Å². The minimum Gasteiger partial charge on any atom is -0.381 e. The molecule has 8 heteroatoms. The Morgan fingerprint density at radius 1 is 1.19 bits per heavy atom. The maximum absolute atomic E-state index is 6.14. The van der Waals surface area contributed by atoms with Gasteiger partial charge in [-0.3, -0.25) is 9.89 Å². The van der Waals surface area contributed by atoms with Gasteiger partial charge in [0.05, 0.1) is 6.10 Å². The topological polar surface area (TPSA) is 58.1 Å². The molecule has 0 radical (unpaired) electrons. The molecule has 2 N–H and O–H groups in total. The summed E-state index contributed by atoms with van der Waals surface area (Å²) in [6.45, 7) is 7.62. The predicted octanol–water partition coefficient (Wildman–Crippen LogP) is 3.75. The Labute approximate surface area is 215 Å². The van der Waals surface area contributed by atoms with Crippen LogP contribution in [0.25, 0.3) is 0 Å². The number of likely N-dealkylation sites (tertiary alicyclic amines) is 1. The number of rotatable bonds is 10. The number of thioether (sulfide) groups is 1. The molecule has 0 aliphatic carbocycles. The van der Waals surface area contributed by atoms with Crippen LogP contribution < -0.4 is 10.6 Å². The van der Waals surface area contributed by atoms with E-state index in [9.17, 15) is 0 Å². The lowest BCUT2D eigenvalue weighted by atomic mass is 9.99. The largest absolute Gasteiger partial charge is 0.381 e. The molecule has 0 bridgehead atoms. The Morgan fingerprint density at radius 2 is 1.91 bits per heavy atom. The summed E-state index contributed by atoms with van der Waals surface area (Å²) < 4.78 is 11.9. The van der Waals surface area contributed by atoms with E-state index in [4.69, 9.17) is 9.47 Å². The Bertz CT molecular complexity index is 651. The van der Waals surface area contributed by atoms with E-state index in [2.05, 4.69) is 57.1 Å². The number of piperidine rings is 1. The smallest absolute Gasteiger partial charge is 0.191 e. The first-order chi connectivity index (χ1) is 15.2. The SMILES string of the molecule is CN=C(NCCCOC1CCN(Cc2ccccc2)CC1)NCC1(SC)CCOCC1.I. The third-order valence-corrected chi connectivity index (χ3v) is 7.81. The van der Waals surface area contributed by atoms with Gasteiger partial charge in [0.2, 0.25) is 0 Å². The highest BCUT2D eigenvalue weighted by molar-refractivity contribution is 14.0. The monoisotopic (exact) mass is 576 g/mol. The van der Waals surface area contributed by atoms with Crippen LogP contribution in [0, 0.1) is 0 Å². The van der Waals surface area contributed by atoms with Crippen molar-refractivity contribution < 1.29 is 9.47 Å². The Morgan fingerprint density at radius 3 is 2.56 bits per heavy atom. The average Bonchev–Trinajstić information content (AvgIpc) is 2.83. The fraction of sp³-hybridized carbons (Fsp3) is 0.708. The van der Waals surface area contributed by atoms with Gasteiger partial charge in [0.1, 0.15) is 0 Å². The van der Waals surface area contributed by atoms with Crippen molar-refractivity contribution in [1.82, 2.24) is 15.5 Å². The Balaban J connectivity index is 0.00000363. The first-order valence-corrected chi connectivity index (χ1v) is 12.9. The molecular formula is C24H41IN4O2S. The van der Waals surface area contributed by atoms with Crippen molar-refractivity contribution in [3.63, 3.8) is 0 Å². The summed E-state index contributed by atoms with van der Waals surface area (Å²) in [6, 6.07) is 10.7. The first kappa shape index (κ1) is 27.7. The van der Waals surface area contributed by atoms with E-state index in [0.29, 0.717) is 6.10 Å². The molecule has 2 fully saturated rings. The van der Waals surface area contributed by atoms with E-state index in [1.165, 1.54) is 5.56 Å². The van der Waals surface area contributed by atoms with Crippen molar-refractivity contribution in [2.45, 2.75) is 49.5 Å². The minimum atomic E-state index is 0. The van der Waals surface area contributed by atoms with Gasteiger partial charge < -0.3 is 20.1 Å². The normalized spacial score (nSPS) is 19.9. The van der Waals surface area contributed by atoms with Crippen LogP contribution in [0.15, 0.2) is 35.3 Å². The summed E-state index contributed by atoms with van der Waals surface area (Å²) in [6.07, 6.45) is 8.04.